The summed E-state index contributed by atoms with van der Waals surface area (Å²) in [6, 6.07) is 8.09. The van der Waals surface area contributed by atoms with Crippen LogP contribution in [0.4, 0.5) is 13.6 Å². The summed E-state index contributed by atoms with van der Waals surface area (Å²) in [5, 5.41) is 2.89. The van der Waals surface area contributed by atoms with Gasteiger partial charge in [0.05, 0.1) is 18.3 Å². The molecule has 3 rings (SSSR count). The summed E-state index contributed by atoms with van der Waals surface area (Å²) in [5.74, 6) is -0.850. The summed E-state index contributed by atoms with van der Waals surface area (Å²) >= 11 is 0. The number of nitrogens with one attached hydrogen (secondary N) is 1. The molecule has 1 atom stereocenters. The Morgan fingerprint density at radius 3 is 2.76 bits per heavy atom. The van der Waals surface area contributed by atoms with Gasteiger partial charge >= 0.3 is 6.03 Å². The number of hydrogen-bond acceptors (Lipinski definition) is 2. The van der Waals surface area contributed by atoms with E-state index in [2.05, 4.69) is 10.3 Å². The first kappa shape index (κ1) is 17.3. The number of nitrogens with zero attached hydrogens (tertiary/aromatic N) is 2. The molecule has 132 valence electrons. The van der Waals surface area contributed by atoms with E-state index in [0.29, 0.717) is 13.1 Å². The van der Waals surface area contributed by atoms with E-state index in [1.54, 1.807) is 11.1 Å². The van der Waals surface area contributed by atoms with Gasteiger partial charge in [-0.3, -0.25) is 4.98 Å². The number of amides is 2. The van der Waals surface area contributed by atoms with Gasteiger partial charge in [0.15, 0.2) is 0 Å². The molecule has 1 N–H and O–H groups in total. The number of halogens is 2. The highest BCUT2D eigenvalue weighted by molar-refractivity contribution is 5.74. The summed E-state index contributed by atoms with van der Waals surface area (Å²) < 4.78 is 27.7. The maximum absolute atomic E-state index is 14.1. The van der Waals surface area contributed by atoms with Gasteiger partial charge in [-0.1, -0.05) is 6.07 Å². The van der Waals surface area contributed by atoms with Gasteiger partial charge in [-0.15, -0.1) is 0 Å². The summed E-state index contributed by atoms with van der Waals surface area (Å²) in [4.78, 5) is 18.5. The molecule has 25 heavy (non-hydrogen) atoms. The van der Waals surface area contributed by atoms with E-state index in [0.717, 1.165) is 30.7 Å². The molecule has 1 saturated carbocycles. The maximum Gasteiger partial charge on any atom is 0.318 e. The van der Waals surface area contributed by atoms with Gasteiger partial charge in [-0.05, 0) is 56.0 Å². The molecule has 0 saturated heterocycles. The van der Waals surface area contributed by atoms with Gasteiger partial charge in [-0.25, -0.2) is 13.6 Å². The van der Waals surface area contributed by atoms with Crippen LogP contribution in [0.1, 0.15) is 37.1 Å². The third kappa shape index (κ3) is 4.32. The molecule has 2 amide bonds. The van der Waals surface area contributed by atoms with Crippen LogP contribution in [0.5, 0.6) is 0 Å². The predicted molar refractivity (Wildman–Crippen MR) is 90.7 cm³/mol. The lowest BCUT2D eigenvalue weighted by molar-refractivity contribution is 0.191. The smallest absolute Gasteiger partial charge is 0.318 e. The lowest BCUT2D eigenvalue weighted by atomic mass is 10.0. The Hall–Kier alpha value is -2.50. The van der Waals surface area contributed by atoms with Gasteiger partial charge in [0, 0.05) is 18.3 Å². The predicted octanol–water partition coefficient (Wildman–Crippen LogP) is 4.04. The second-order valence-electron chi connectivity index (χ2n) is 6.27. The monoisotopic (exact) mass is 345 g/mol. The van der Waals surface area contributed by atoms with Crippen molar-refractivity contribution in [3.63, 3.8) is 0 Å². The molecule has 1 aliphatic carbocycles. The Kier molecular flexibility index (Phi) is 5.26. The number of hydrogen-bond donors (Lipinski definition) is 1. The third-order valence-electron chi connectivity index (χ3n) is 4.41. The van der Waals surface area contributed by atoms with E-state index in [1.165, 1.54) is 6.07 Å². The fourth-order valence-corrected chi connectivity index (χ4v) is 2.87. The van der Waals surface area contributed by atoms with Crippen LogP contribution < -0.4 is 5.32 Å². The molecule has 0 spiro atoms. The molecule has 2 aromatic rings. The van der Waals surface area contributed by atoms with Crippen LogP contribution in [0.2, 0.25) is 0 Å². The Morgan fingerprint density at radius 2 is 2.12 bits per heavy atom. The van der Waals surface area contributed by atoms with Gasteiger partial charge in [0.1, 0.15) is 11.6 Å². The number of carbonyl (C=O) groups is 1. The molecule has 1 fully saturated rings. The minimum Gasteiger partial charge on any atom is -0.331 e. The van der Waals surface area contributed by atoms with Crippen molar-refractivity contribution < 1.29 is 13.6 Å². The van der Waals surface area contributed by atoms with Crippen LogP contribution >= 0.6 is 0 Å². The second-order valence-corrected chi connectivity index (χ2v) is 6.27. The molecular weight excluding hydrogens is 324 g/mol. The minimum absolute atomic E-state index is 0.147. The number of benzene rings is 1. The van der Waals surface area contributed by atoms with Crippen LogP contribution in [0.3, 0.4) is 0 Å². The molecule has 0 unspecified atom stereocenters. The SMILES string of the molecule is CCN(Cc1ccccn1)C(=O)N[C@H](c1cc(F)ccc1F)C1CC1. The van der Waals surface area contributed by atoms with Gasteiger partial charge in [0.2, 0.25) is 0 Å². The van der Waals surface area contributed by atoms with Crippen molar-refractivity contribution in [3.8, 4) is 0 Å². The van der Waals surface area contributed by atoms with Crippen LogP contribution in [0, 0.1) is 17.6 Å². The van der Waals surface area contributed by atoms with E-state index in [9.17, 15) is 13.6 Å². The highest BCUT2D eigenvalue weighted by Gasteiger charge is 2.36. The molecule has 6 heteroatoms. The topological polar surface area (TPSA) is 45.2 Å². The van der Waals surface area contributed by atoms with Gasteiger partial charge in [-0.2, -0.15) is 0 Å². The zero-order chi connectivity index (χ0) is 17.8. The van der Waals surface area contributed by atoms with Crippen molar-refractivity contribution in [1.29, 1.82) is 0 Å². The van der Waals surface area contributed by atoms with E-state index < -0.39 is 17.7 Å². The zero-order valence-electron chi connectivity index (χ0n) is 14.1. The molecule has 0 bridgehead atoms. The van der Waals surface area contributed by atoms with Crippen LogP contribution in [0.25, 0.3) is 0 Å². The van der Waals surface area contributed by atoms with Crippen molar-refractivity contribution in [3.05, 3.63) is 65.5 Å². The van der Waals surface area contributed by atoms with E-state index in [4.69, 9.17) is 0 Å². The quantitative estimate of drug-likeness (QED) is 0.859. The fourth-order valence-electron chi connectivity index (χ4n) is 2.87. The molecule has 1 heterocycles. The van der Waals surface area contributed by atoms with E-state index in [1.807, 2.05) is 25.1 Å². The number of carbonyl (C=O) groups excluding carboxylic acids is 1. The molecule has 1 aromatic heterocycles. The van der Waals surface area contributed by atoms with Crippen LogP contribution in [-0.4, -0.2) is 22.5 Å². The lowest BCUT2D eigenvalue weighted by Gasteiger charge is -2.26. The Morgan fingerprint density at radius 1 is 1.32 bits per heavy atom. The molecule has 4 nitrogen and oxygen atoms in total. The van der Waals surface area contributed by atoms with Gasteiger partial charge < -0.3 is 10.2 Å². The normalized spacial score (nSPS) is 14.8. The highest BCUT2D eigenvalue weighted by Crippen LogP contribution is 2.42. The highest BCUT2D eigenvalue weighted by atomic mass is 19.1. The Labute approximate surface area is 145 Å². The van der Waals surface area contributed by atoms with E-state index >= 15 is 0 Å². The number of aromatic nitrogens is 1. The molecule has 0 aliphatic heterocycles. The standard InChI is InChI=1S/C19H21F2N3O/c1-2-24(12-15-5-3-4-10-22-15)19(25)23-18(13-6-7-13)16-11-14(20)8-9-17(16)21/h3-5,8-11,13,18H,2,6-7,12H2,1H3,(H,23,25)/t18-/m0/s1. The molecular formula is C19H21F2N3O. The average molecular weight is 345 g/mol. The summed E-state index contributed by atoms with van der Waals surface area (Å²) in [7, 11) is 0. The first-order valence-electron chi connectivity index (χ1n) is 8.48. The fraction of sp³-hybridized carbons (Fsp3) is 0.368. The maximum atomic E-state index is 14.1. The molecule has 0 radical (unpaired) electrons. The van der Waals surface area contributed by atoms with Crippen molar-refractivity contribution in [1.82, 2.24) is 15.2 Å². The van der Waals surface area contributed by atoms with Gasteiger partial charge in [0.25, 0.3) is 0 Å². The van der Waals surface area contributed by atoms with Crippen molar-refractivity contribution in [2.75, 3.05) is 6.54 Å². The van der Waals surface area contributed by atoms with Crippen molar-refractivity contribution >= 4 is 6.03 Å². The largest absolute Gasteiger partial charge is 0.331 e. The van der Waals surface area contributed by atoms with Crippen LogP contribution in [0.15, 0.2) is 42.6 Å². The summed E-state index contributed by atoms with van der Waals surface area (Å²) in [6.45, 7) is 2.73. The summed E-state index contributed by atoms with van der Waals surface area (Å²) in [5.41, 5.74) is 0.990. The third-order valence-corrected chi connectivity index (χ3v) is 4.41. The summed E-state index contributed by atoms with van der Waals surface area (Å²) in [6.07, 6.45) is 3.47. The number of rotatable bonds is 6. The molecule has 1 aliphatic rings. The number of urea groups is 1. The zero-order valence-corrected chi connectivity index (χ0v) is 14.1. The lowest BCUT2D eigenvalue weighted by Crippen LogP contribution is -2.42. The Balaban J connectivity index is 1.75. The minimum atomic E-state index is -0.513. The second kappa shape index (κ2) is 7.59. The first-order valence-corrected chi connectivity index (χ1v) is 8.48. The number of pyridine rings is 1. The van der Waals surface area contributed by atoms with E-state index in [-0.39, 0.29) is 17.5 Å². The van der Waals surface area contributed by atoms with Crippen molar-refractivity contribution in [2.45, 2.75) is 32.4 Å². The van der Waals surface area contributed by atoms with Crippen LogP contribution in [-0.2, 0) is 6.54 Å². The molecule has 1 aromatic carbocycles. The first-order chi connectivity index (χ1) is 12.1. The average Bonchev–Trinajstić information content (AvgIpc) is 3.45. The van der Waals surface area contributed by atoms with Crippen molar-refractivity contribution in [2.24, 2.45) is 5.92 Å². The Bertz CT molecular complexity index is 735.